The van der Waals surface area contributed by atoms with E-state index in [1.165, 1.54) is 6.20 Å². The highest BCUT2D eigenvalue weighted by Gasteiger charge is 2.16. The fourth-order valence-electron chi connectivity index (χ4n) is 1.89. The number of hydrogen-bond donors (Lipinski definition) is 3. The molecule has 2 rings (SSSR count). The van der Waals surface area contributed by atoms with Crippen molar-refractivity contribution in [2.45, 2.75) is 27.7 Å². The Morgan fingerprint density at radius 2 is 1.91 bits per heavy atom. The maximum Gasteiger partial charge on any atom is 0.267 e. The van der Waals surface area contributed by atoms with Gasteiger partial charge >= 0.3 is 0 Å². The number of carbonyl (C=O) groups is 2. The number of rotatable bonds is 4. The molecule has 0 aliphatic heterocycles. The zero-order chi connectivity index (χ0) is 17.1. The van der Waals surface area contributed by atoms with E-state index < -0.39 is 0 Å². The van der Waals surface area contributed by atoms with Crippen LogP contribution >= 0.6 is 11.3 Å². The first-order valence-corrected chi connectivity index (χ1v) is 7.98. The van der Waals surface area contributed by atoms with Gasteiger partial charge in [0.25, 0.3) is 5.91 Å². The molecule has 0 bridgehead atoms. The van der Waals surface area contributed by atoms with Crippen LogP contribution < -0.4 is 10.6 Å². The third-order valence-electron chi connectivity index (χ3n) is 3.37. The molecule has 0 saturated carbocycles. The molecule has 0 saturated heterocycles. The van der Waals surface area contributed by atoms with Crippen molar-refractivity contribution < 1.29 is 14.7 Å². The second-order valence-corrected chi connectivity index (χ2v) is 6.56. The third kappa shape index (κ3) is 3.87. The molecule has 1 aromatic carbocycles. The molecule has 0 unspecified atom stereocenters. The number of hydrogen-bond acceptors (Lipinski definition) is 5. The van der Waals surface area contributed by atoms with Crippen LogP contribution in [0.4, 0.5) is 10.8 Å². The highest BCUT2D eigenvalue weighted by Crippen LogP contribution is 2.29. The van der Waals surface area contributed by atoms with Gasteiger partial charge in [0.15, 0.2) is 5.13 Å². The number of phenols is 1. The lowest BCUT2D eigenvalue weighted by atomic mass is 10.1. The molecule has 23 heavy (non-hydrogen) atoms. The molecule has 1 aromatic heterocycles. The van der Waals surface area contributed by atoms with Gasteiger partial charge in [0.05, 0.1) is 11.9 Å². The number of amides is 2. The zero-order valence-corrected chi connectivity index (χ0v) is 14.2. The molecule has 0 aliphatic carbocycles. The van der Waals surface area contributed by atoms with E-state index >= 15 is 0 Å². The van der Waals surface area contributed by atoms with Gasteiger partial charge in [-0.25, -0.2) is 4.98 Å². The molecule has 7 heteroatoms. The maximum atomic E-state index is 12.3. The average molecular weight is 333 g/mol. The molecule has 0 aliphatic rings. The van der Waals surface area contributed by atoms with E-state index in [0.717, 1.165) is 16.9 Å². The Balaban J connectivity index is 2.15. The largest absolute Gasteiger partial charge is 0.508 e. The predicted octanol–water partition coefficient (Wildman–Crippen LogP) is 3.31. The summed E-state index contributed by atoms with van der Waals surface area (Å²) in [6.07, 6.45) is 1.42. The van der Waals surface area contributed by atoms with Crippen LogP contribution in [-0.2, 0) is 4.79 Å². The van der Waals surface area contributed by atoms with Crippen molar-refractivity contribution in [3.63, 3.8) is 0 Å². The normalized spacial score (nSPS) is 10.7. The predicted molar refractivity (Wildman–Crippen MR) is 91.1 cm³/mol. The Kier molecular flexibility index (Phi) is 5.00. The molecule has 3 N–H and O–H groups in total. The summed E-state index contributed by atoms with van der Waals surface area (Å²) in [6.45, 7) is 7.15. The SMILES string of the molecule is Cc1ccc(O)c(C)c1NC(=O)c1cnc(NC(=O)C(C)C)s1. The van der Waals surface area contributed by atoms with Crippen molar-refractivity contribution in [1.82, 2.24) is 4.98 Å². The summed E-state index contributed by atoms with van der Waals surface area (Å²) in [6, 6.07) is 3.32. The lowest BCUT2D eigenvalue weighted by Crippen LogP contribution is -2.17. The van der Waals surface area contributed by atoms with Gasteiger partial charge in [0.1, 0.15) is 10.6 Å². The highest BCUT2D eigenvalue weighted by molar-refractivity contribution is 7.17. The zero-order valence-electron chi connectivity index (χ0n) is 13.4. The number of anilines is 2. The molecule has 0 fully saturated rings. The van der Waals surface area contributed by atoms with Gasteiger partial charge in [-0.2, -0.15) is 0 Å². The van der Waals surface area contributed by atoms with Crippen LogP contribution in [0.3, 0.4) is 0 Å². The van der Waals surface area contributed by atoms with E-state index in [9.17, 15) is 14.7 Å². The summed E-state index contributed by atoms with van der Waals surface area (Å²) in [4.78, 5) is 28.4. The number of carbonyl (C=O) groups excluding carboxylic acids is 2. The highest BCUT2D eigenvalue weighted by atomic mass is 32.1. The number of aryl methyl sites for hydroxylation is 1. The van der Waals surface area contributed by atoms with Crippen LogP contribution in [0.15, 0.2) is 18.3 Å². The minimum absolute atomic E-state index is 0.125. The van der Waals surface area contributed by atoms with Crippen LogP contribution in [0.2, 0.25) is 0 Å². The number of nitrogens with zero attached hydrogens (tertiary/aromatic N) is 1. The van der Waals surface area contributed by atoms with Crippen molar-refractivity contribution >= 4 is 34.0 Å². The number of aromatic nitrogens is 1. The van der Waals surface area contributed by atoms with Crippen LogP contribution in [0, 0.1) is 19.8 Å². The van der Waals surface area contributed by atoms with Gasteiger partial charge in [-0.1, -0.05) is 31.3 Å². The summed E-state index contributed by atoms with van der Waals surface area (Å²) in [5.74, 6) is -0.510. The van der Waals surface area contributed by atoms with Gasteiger partial charge in [-0.15, -0.1) is 0 Å². The van der Waals surface area contributed by atoms with E-state index in [1.807, 2.05) is 6.92 Å². The van der Waals surface area contributed by atoms with Crippen molar-refractivity contribution in [3.8, 4) is 5.75 Å². The maximum absolute atomic E-state index is 12.3. The Morgan fingerprint density at radius 3 is 2.57 bits per heavy atom. The second-order valence-electron chi connectivity index (χ2n) is 5.53. The van der Waals surface area contributed by atoms with E-state index in [2.05, 4.69) is 15.6 Å². The molecule has 1 heterocycles. The Morgan fingerprint density at radius 1 is 1.22 bits per heavy atom. The van der Waals surface area contributed by atoms with Crippen molar-refractivity contribution in [2.75, 3.05) is 10.6 Å². The van der Waals surface area contributed by atoms with Gasteiger partial charge in [0.2, 0.25) is 5.91 Å². The number of benzene rings is 1. The monoisotopic (exact) mass is 333 g/mol. The molecule has 122 valence electrons. The fraction of sp³-hybridized carbons (Fsp3) is 0.312. The Labute approximate surface area is 138 Å². The number of nitrogens with one attached hydrogen (secondary N) is 2. The Hall–Kier alpha value is -2.41. The van der Waals surface area contributed by atoms with E-state index in [4.69, 9.17) is 0 Å². The summed E-state index contributed by atoms with van der Waals surface area (Å²) in [7, 11) is 0. The van der Waals surface area contributed by atoms with Crippen molar-refractivity contribution in [1.29, 1.82) is 0 Å². The van der Waals surface area contributed by atoms with E-state index in [0.29, 0.717) is 21.3 Å². The average Bonchev–Trinajstić information content (AvgIpc) is 2.96. The van der Waals surface area contributed by atoms with Crippen LogP contribution in [0.25, 0.3) is 0 Å². The molecule has 0 atom stereocenters. The first-order valence-electron chi connectivity index (χ1n) is 7.16. The minimum atomic E-state index is -0.329. The summed E-state index contributed by atoms with van der Waals surface area (Å²) in [5.41, 5.74) is 2.04. The van der Waals surface area contributed by atoms with E-state index in [1.54, 1.807) is 32.9 Å². The molecule has 2 aromatic rings. The lowest BCUT2D eigenvalue weighted by Gasteiger charge is -2.11. The van der Waals surface area contributed by atoms with E-state index in [-0.39, 0.29) is 23.5 Å². The Bertz CT molecular complexity index is 753. The summed E-state index contributed by atoms with van der Waals surface area (Å²) in [5, 5.41) is 15.6. The molecular weight excluding hydrogens is 314 g/mol. The number of phenolic OH excluding ortho intramolecular Hbond substituents is 1. The molecule has 6 nitrogen and oxygen atoms in total. The van der Waals surface area contributed by atoms with Crippen LogP contribution in [0.1, 0.15) is 34.6 Å². The standard InChI is InChI=1S/C16H19N3O3S/c1-8(2)14(21)19-16-17-7-12(23-16)15(22)18-13-9(3)5-6-11(20)10(13)4/h5-8,20H,1-4H3,(H,18,22)(H,17,19,21). The first kappa shape index (κ1) is 17.0. The quantitative estimate of drug-likeness (QED) is 0.800. The van der Waals surface area contributed by atoms with Gasteiger partial charge < -0.3 is 15.7 Å². The molecule has 2 amide bonds. The van der Waals surface area contributed by atoms with Crippen LogP contribution in [-0.4, -0.2) is 21.9 Å². The molecular formula is C16H19N3O3S. The van der Waals surface area contributed by atoms with Gasteiger partial charge in [-0.3, -0.25) is 9.59 Å². The van der Waals surface area contributed by atoms with Crippen molar-refractivity contribution in [3.05, 3.63) is 34.3 Å². The van der Waals surface area contributed by atoms with Gasteiger partial charge in [-0.05, 0) is 25.5 Å². The summed E-state index contributed by atoms with van der Waals surface area (Å²) < 4.78 is 0. The third-order valence-corrected chi connectivity index (χ3v) is 4.28. The number of thiazole rings is 1. The molecule has 0 spiro atoms. The summed E-state index contributed by atoms with van der Waals surface area (Å²) >= 11 is 1.10. The lowest BCUT2D eigenvalue weighted by molar-refractivity contribution is -0.118. The second kappa shape index (κ2) is 6.78. The smallest absolute Gasteiger partial charge is 0.267 e. The topological polar surface area (TPSA) is 91.3 Å². The molecule has 0 radical (unpaired) electrons. The fourth-order valence-corrected chi connectivity index (χ4v) is 2.60. The first-order chi connectivity index (χ1) is 10.8. The van der Waals surface area contributed by atoms with Crippen molar-refractivity contribution in [2.24, 2.45) is 5.92 Å². The number of aromatic hydroxyl groups is 1. The van der Waals surface area contributed by atoms with Crippen LogP contribution in [0.5, 0.6) is 5.75 Å². The minimum Gasteiger partial charge on any atom is -0.508 e. The van der Waals surface area contributed by atoms with Gasteiger partial charge in [0, 0.05) is 11.5 Å².